The van der Waals surface area contributed by atoms with E-state index in [-0.39, 0.29) is 12.1 Å². The van der Waals surface area contributed by atoms with Crippen LogP contribution < -0.4 is 5.32 Å². The number of aliphatic hydroxyl groups is 1. The Labute approximate surface area is 118 Å². The highest BCUT2D eigenvalue weighted by Gasteiger charge is 2.33. The highest BCUT2D eigenvalue weighted by molar-refractivity contribution is 9.10. The average Bonchev–Trinajstić information content (AvgIpc) is 2.38. The molecule has 0 saturated heterocycles. The van der Waals surface area contributed by atoms with Crippen LogP contribution in [0.1, 0.15) is 38.2 Å². The molecule has 0 spiro atoms. The Bertz CT molecular complexity index is 379. The molecule has 0 bridgehead atoms. The third-order valence-corrected chi connectivity index (χ3v) is 4.50. The van der Waals surface area contributed by atoms with Crippen LogP contribution in [0.15, 0.2) is 28.7 Å². The first kappa shape index (κ1) is 14.0. The maximum Gasteiger partial charge on any atom is 0.0613 e. The lowest BCUT2D eigenvalue weighted by Crippen LogP contribution is -2.51. The Morgan fingerprint density at radius 1 is 1.39 bits per heavy atom. The van der Waals surface area contributed by atoms with Gasteiger partial charge >= 0.3 is 0 Å². The van der Waals surface area contributed by atoms with Gasteiger partial charge in [0.15, 0.2) is 0 Å². The van der Waals surface area contributed by atoms with Gasteiger partial charge in [-0.2, -0.15) is 0 Å². The Morgan fingerprint density at radius 3 is 2.72 bits per heavy atom. The molecule has 3 heteroatoms. The summed E-state index contributed by atoms with van der Waals surface area (Å²) in [5, 5.41) is 13.3. The summed E-state index contributed by atoms with van der Waals surface area (Å²) in [6.07, 6.45) is 4.68. The molecule has 1 aromatic rings. The van der Waals surface area contributed by atoms with Crippen LogP contribution in [-0.2, 0) is 6.54 Å². The van der Waals surface area contributed by atoms with E-state index in [1.165, 1.54) is 18.4 Å². The molecule has 0 aliphatic heterocycles. The molecular formula is C15H22BrNO. The second-order valence-electron chi connectivity index (χ2n) is 5.62. The number of halogens is 1. The molecule has 0 aromatic heterocycles. The van der Waals surface area contributed by atoms with Crippen molar-refractivity contribution in [3.05, 3.63) is 34.3 Å². The summed E-state index contributed by atoms with van der Waals surface area (Å²) < 4.78 is 1.11. The standard InChI is InChI=1S/C15H22BrNO/c1-12-3-2-8-15(9-12,11-18)17-10-13-4-6-14(16)7-5-13/h4-7,12,17-18H,2-3,8-11H2,1H3. The van der Waals surface area contributed by atoms with E-state index in [0.717, 1.165) is 23.9 Å². The van der Waals surface area contributed by atoms with Gasteiger partial charge in [0.05, 0.1) is 6.61 Å². The van der Waals surface area contributed by atoms with Crippen molar-refractivity contribution < 1.29 is 5.11 Å². The zero-order valence-corrected chi connectivity index (χ0v) is 12.5. The fourth-order valence-corrected chi connectivity index (χ4v) is 3.18. The maximum absolute atomic E-state index is 9.71. The Morgan fingerprint density at radius 2 is 2.11 bits per heavy atom. The van der Waals surface area contributed by atoms with Gasteiger partial charge in [-0.1, -0.05) is 47.8 Å². The molecule has 1 saturated carbocycles. The Balaban J connectivity index is 1.96. The molecule has 1 aromatic carbocycles. The molecular weight excluding hydrogens is 290 g/mol. The van der Waals surface area contributed by atoms with E-state index in [9.17, 15) is 5.11 Å². The molecule has 100 valence electrons. The van der Waals surface area contributed by atoms with Crippen molar-refractivity contribution >= 4 is 15.9 Å². The van der Waals surface area contributed by atoms with Crippen molar-refractivity contribution in [3.63, 3.8) is 0 Å². The van der Waals surface area contributed by atoms with Crippen LogP contribution in [0.4, 0.5) is 0 Å². The van der Waals surface area contributed by atoms with Crippen LogP contribution in [0, 0.1) is 5.92 Å². The summed E-state index contributed by atoms with van der Waals surface area (Å²) in [5.41, 5.74) is 1.20. The van der Waals surface area contributed by atoms with E-state index in [4.69, 9.17) is 0 Å². The summed E-state index contributed by atoms with van der Waals surface area (Å²) in [4.78, 5) is 0. The minimum absolute atomic E-state index is 0.0647. The molecule has 0 heterocycles. The lowest BCUT2D eigenvalue weighted by atomic mass is 9.77. The fraction of sp³-hybridized carbons (Fsp3) is 0.600. The largest absolute Gasteiger partial charge is 0.394 e. The van der Waals surface area contributed by atoms with Gasteiger partial charge in [-0.05, 0) is 36.5 Å². The second-order valence-corrected chi connectivity index (χ2v) is 6.54. The topological polar surface area (TPSA) is 32.3 Å². The number of aliphatic hydroxyl groups excluding tert-OH is 1. The SMILES string of the molecule is CC1CCCC(CO)(NCc2ccc(Br)cc2)C1. The first-order valence-electron chi connectivity index (χ1n) is 6.74. The Kier molecular flexibility index (Phi) is 4.82. The highest BCUT2D eigenvalue weighted by atomic mass is 79.9. The highest BCUT2D eigenvalue weighted by Crippen LogP contribution is 2.32. The van der Waals surface area contributed by atoms with Crippen molar-refractivity contribution in [2.75, 3.05) is 6.61 Å². The molecule has 2 unspecified atom stereocenters. The van der Waals surface area contributed by atoms with E-state index in [1.54, 1.807) is 0 Å². The molecule has 1 fully saturated rings. The predicted octanol–water partition coefficient (Wildman–Crippen LogP) is 3.48. The van der Waals surface area contributed by atoms with Crippen LogP contribution >= 0.6 is 15.9 Å². The maximum atomic E-state index is 9.71. The van der Waals surface area contributed by atoms with Crippen molar-refractivity contribution in [3.8, 4) is 0 Å². The monoisotopic (exact) mass is 311 g/mol. The molecule has 2 N–H and O–H groups in total. The van der Waals surface area contributed by atoms with Gasteiger partial charge in [0.25, 0.3) is 0 Å². The third-order valence-electron chi connectivity index (χ3n) is 3.97. The summed E-state index contributed by atoms with van der Waals surface area (Å²) in [5.74, 6) is 0.711. The van der Waals surface area contributed by atoms with Crippen LogP contribution in [0.25, 0.3) is 0 Å². The van der Waals surface area contributed by atoms with Crippen molar-refractivity contribution in [2.24, 2.45) is 5.92 Å². The zero-order valence-electron chi connectivity index (χ0n) is 11.0. The van der Waals surface area contributed by atoms with Gasteiger partial charge < -0.3 is 10.4 Å². The van der Waals surface area contributed by atoms with E-state index >= 15 is 0 Å². The smallest absolute Gasteiger partial charge is 0.0613 e. The van der Waals surface area contributed by atoms with E-state index in [0.29, 0.717) is 5.92 Å². The quantitative estimate of drug-likeness (QED) is 0.892. The lowest BCUT2D eigenvalue weighted by Gasteiger charge is -2.39. The summed E-state index contributed by atoms with van der Waals surface area (Å²) >= 11 is 3.44. The zero-order chi connectivity index (χ0) is 13.0. The van der Waals surface area contributed by atoms with Crippen molar-refractivity contribution in [1.29, 1.82) is 0 Å². The molecule has 2 atom stereocenters. The van der Waals surface area contributed by atoms with Crippen LogP contribution in [0.5, 0.6) is 0 Å². The third kappa shape index (κ3) is 3.56. The summed E-state index contributed by atoms with van der Waals surface area (Å²) in [6, 6.07) is 8.36. The lowest BCUT2D eigenvalue weighted by molar-refractivity contribution is 0.0982. The van der Waals surface area contributed by atoms with E-state index < -0.39 is 0 Å². The average molecular weight is 312 g/mol. The Hall–Kier alpha value is -0.380. The molecule has 0 amide bonds. The van der Waals surface area contributed by atoms with Crippen LogP contribution in [-0.4, -0.2) is 17.3 Å². The molecule has 2 rings (SSSR count). The molecule has 2 nitrogen and oxygen atoms in total. The van der Waals surface area contributed by atoms with Crippen LogP contribution in [0.3, 0.4) is 0 Å². The number of benzene rings is 1. The molecule has 0 radical (unpaired) electrons. The minimum atomic E-state index is -0.0647. The fourth-order valence-electron chi connectivity index (χ4n) is 2.91. The molecule has 1 aliphatic carbocycles. The van der Waals surface area contributed by atoms with Crippen LogP contribution in [0.2, 0.25) is 0 Å². The first-order chi connectivity index (χ1) is 8.63. The summed E-state index contributed by atoms with van der Waals surface area (Å²) in [7, 11) is 0. The summed E-state index contributed by atoms with van der Waals surface area (Å²) in [6.45, 7) is 3.36. The molecule has 18 heavy (non-hydrogen) atoms. The number of rotatable bonds is 4. The van der Waals surface area contributed by atoms with Gasteiger partial charge in [0.2, 0.25) is 0 Å². The van der Waals surface area contributed by atoms with E-state index in [2.05, 4.69) is 52.4 Å². The number of nitrogens with one attached hydrogen (secondary N) is 1. The van der Waals surface area contributed by atoms with Crippen molar-refractivity contribution in [1.82, 2.24) is 5.32 Å². The van der Waals surface area contributed by atoms with Gasteiger partial charge in [-0.25, -0.2) is 0 Å². The minimum Gasteiger partial charge on any atom is -0.394 e. The number of hydrogen-bond donors (Lipinski definition) is 2. The van der Waals surface area contributed by atoms with Gasteiger partial charge in [0, 0.05) is 16.6 Å². The molecule has 1 aliphatic rings. The normalized spacial score (nSPS) is 28.3. The predicted molar refractivity (Wildman–Crippen MR) is 78.4 cm³/mol. The van der Waals surface area contributed by atoms with Crippen molar-refractivity contribution in [2.45, 2.75) is 44.7 Å². The van der Waals surface area contributed by atoms with Gasteiger partial charge in [0.1, 0.15) is 0 Å². The van der Waals surface area contributed by atoms with Gasteiger partial charge in [-0.15, -0.1) is 0 Å². The van der Waals surface area contributed by atoms with E-state index in [1.807, 2.05) is 0 Å². The van der Waals surface area contributed by atoms with Gasteiger partial charge in [-0.3, -0.25) is 0 Å². The first-order valence-corrected chi connectivity index (χ1v) is 7.53. The second kappa shape index (κ2) is 6.18. The number of hydrogen-bond acceptors (Lipinski definition) is 2.